The van der Waals surface area contributed by atoms with Crippen LogP contribution in [0, 0.1) is 5.82 Å². The van der Waals surface area contributed by atoms with Gasteiger partial charge in [-0.25, -0.2) is 14.2 Å². The molecule has 4 rings (SSSR count). The van der Waals surface area contributed by atoms with E-state index in [-0.39, 0.29) is 25.6 Å². The lowest BCUT2D eigenvalue weighted by atomic mass is 10.1. The highest BCUT2D eigenvalue weighted by molar-refractivity contribution is 5.90. The van der Waals surface area contributed by atoms with E-state index in [4.69, 9.17) is 9.84 Å². The number of aliphatic hydroxyl groups is 1. The van der Waals surface area contributed by atoms with Gasteiger partial charge in [0.25, 0.3) is 0 Å². The third-order valence-electron chi connectivity index (χ3n) is 5.89. The number of nitrogens with zero attached hydrogens (tertiary/aromatic N) is 4. The molecule has 9 nitrogen and oxygen atoms in total. The van der Waals surface area contributed by atoms with Crippen LogP contribution in [0.15, 0.2) is 36.5 Å². The van der Waals surface area contributed by atoms with E-state index in [0.717, 1.165) is 32.0 Å². The highest BCUT2D eigenvalue weighted by Gasteiger charge is 2.32. The Bertz CT molecular complexity index is 995. The summed E-state index contributed by atoms with van der Waals surface area (Å²) in [4.78, 5) is 33.5. The molecule has 2 aliphatic rings. The van der Waals surface area contributed by atoms with E-state index in [1.54, 1.807) is 18.3 Å². The SMILES string of the molecule is CC(=O)NC[C@H]1CN(c2ccc(-c3ccc(N4CCN(CCO)CC4)nc3)c(F)c2)C(=O)O1. The number of pyridine rings is 1. The second-order valence-corrected chi connectivity index (χ2v) is 8.17. The topological polar surface area (TPSA) is 98.2 Å². The predicted molar refractivity (Wildman–Crippen MR) is 122 cm³/mol. The molecule has 1 aromatic heterocycles. The van der Waals surface area contributed by atoms with E-state index in [0.29, 0.717) is 23.4 Å². The number of piperazine rings is 1. The molecule has 2 amide bonds. The molecule has 2 saturated heterocycles. The maximum atomic E-state index is 14.9. The highest BCUT2D eigenvalue weighted by atomic mass is 19.1. The van der Waals surface area contributed by atoms with Gasteiger partial charge in [0.2, 0.25) is 5.91 Å². The molecule has 0 bridgehead atoms. The molecule has 3 heterocycles. The number of carbonyl (C=O) groups excluding carboxylic acids is 2. The zero-order valence-corrected chi connectivity index (χ0v) is 18.5. The van der Waals surface area contributed by atoms with Crippen molar-refractivity contribution in [1.29, 1.82) is 0 Å². The third-order valence-corrected chi connectivity index (χ3v) is 5.89. The van der Waals surface area contributed by atoms with Crippen LogP contribution in [0.4, 0.5) is 20.7 Å². The number of β-amino-alcohol motifs (C(OH)–C–C–N with tert-alkyl or cyclic N) is 1. The second-order valence-electron chi connectivity index (χ2n) is 8.17. The first-order chi connectivity index (χ1) is 15.9. The van der Waals surface area contributed by atoms with Crippen molar-refractivity contribution in [3.63, 3.8) is 0 Å². The van der Waals surface area contributed by atoms with Crippen molar-refractivity contribution in [3.8, 4) is 11.1 Å². The van der Waals surface area contributed by atoms with Crippen LogP contribution in [0.25, 0.3) is 11.1 Å². The Hall–Kier alpha value is -3.24. The number of ether oxygens (including phenoxy) is 1. The van der Waals surface area contributed by atoms with Crippen molar-refractivity contribution in [2.75, 3.05) is 62.2 Å². The Labute approximate surface area is 191 Å². The fourth-order valence-electron chi connectivity index (χ4n) is 4.08. The third kappa shape index (κ3) is 5.40. The van der Waals surface area contributed by atoms with Crippen molar-refractivity contribution in [1.82, 2.24) is 15.2 Å². The van der Waals surface area contributed by atoms with E-state index >= 15 is 0 Å². The van der Waals surface area contributed by atoms with Crippen LogP contribution in [0.1, 0.15) is 6.92 Å². The summed E-state index contributed by atoms with van der Waals surface area (Å²) in [5.41, 5.74) is 1.44. The van der Waals surface area contributed by atoms with Gasteiger partial charge in [-0.2, -0.15) is 0 Å². The van der Waals surface area contributed by atoms with E-state index in [1.165, 1.54) is 17.9 Å². The minimum Gasteiger partial charge on any atom is -0.442 e. The smallest absolute Gasteiger partial charge is 0.414 e. The van der Waals surface area contributed by atoms with Gasteiger partial charge >= 0.3 is 6.09 Å². The van der Waals surface area contributed by atoms with Gasteiger partial charge in [-0.3, -0.25) is 14.6 Å². The first-order valence-electron chi connectivity index (χ1n) is 11.0. The number of benzene rings is 1. The average molecular weight is 458 g/mol. The molecule has 0 unspecified atom stereocenters. The Morgan fingerprint density at radius 1 is 1.24 bits per heavy atom. The fourth-order valence-corrected chi connectivity index (χ4v) is 4.08. The van der Waals surface area contributed by atoms with Crippen LogP contribution in [-0.2, 0) is 9.53 Å². The van der Waals surface area contributed by atoms with Crippen molar-refractivity contribution < 1.29 is 23.8 Å². The van der Waals surface area contributed by atoms with Gasteiger partial charge in [0, 0.05) is 57.0 Å². The van der Waals surface area contributed by atoms with Crippen LogP contribution in [0.2, 0.25) is 0 Å². The Morgan fingerprint density at radius 2 is 2.03 bits per heavy atom. The number of anilines is 2. The summed E-state index contributed by atoms with van der Waals surface area (Å²) in [6.45, 7) is 6.06. The molecule has 0 saturated carbocycles. The monoisotopic (exact) mass is 457 g/mol. The number of carbonyl (C=O) groups is 2. The summed E-state index contributed by atoms with van der Waals surface area (Å²) >= 11 is 0. The first-order valence-corrected chi connectivity index (χ1v) is 11.0. The summed E-state index contributed by atoms with van der Waals surface area (Å²) in [7, 11) is 0. The zero-order chi connectivity index (χ0) is 23.4. The number of nitrogens with one attached hydrogen (secondary N) is 1. The quantitative estimate of drug-likeness (QED) is 0.650. The molecule has 0 radical (unpaired) electrons. The molecule has 0 aliphatic carbocycles. The molecule has 2 aromatic rings. The van der Waals surface area contributed by atoms with Gasteiger partial charge in [0.15, 0.2) is 0 Å². The molecule has 2 fully saturated rings. The zero-order valence-electron chi connectivity index (χ0n) is 18.5. The number of cyclic esters (lactones) is 1. The Kier molecular flexibility index (Phi) is 7.05. The fraction of sp³-hybridized carbons (Fsp3) is 0.435. The number of halogens is 1. The van der Waals surface area contributed by atoms with E-state index in [9.17, 15) is 14.0 Å². The number of rotatable bonds is 7. The number of hydrogen-bond donors (Lipinski definition) is 2. The van der Waals surface area contributed by atoms with Gasteiger partial charge in [-0.05, 0) is 30.3 Å². The van der Waals surface area contributed by atoms with Gasteiger partial charge in [0.1, 0.15) is 17.7 Å². The lowest BCUT2D eigenvalue weighted by Crippen LogP contribution is -2.47. The maximum absolute atomic E-state index is 14.9. The van der Waals surface area contributed by atoms with Crippen LogP contribution in [0.5, 0.6) is 0 Å². The molecule has 2 N–H and O–H groups in total. The number of aliphatic hydroxyl groups excluding tert-OH is 1. The van der Waals surface area contributed by atoms with Gasteiger partial charge in [-0.1, -0.05) is 0 Å². The van der Waals surface area contributed by atoms with Gasteiger partial charge < -0.3 is 20.1 Å². The average Bonchev–Trinajstić information content (AvgIpc) is 3.19. The molecule has 10 heteroatoms. The lowest BCUT2D eigenvalue weighted by molar-refractivity contribution is -0.119. The van der Waals surface area contributed by atoms with Crippen molar-refractivity contribution in [2.24, 2.45) is 0 Å². The Morgan fingerprint density at radius 3 is 2.67 bits per heavy atom. The maximum Gasteiger partial charge on any atom is 0.414 e. The molecule has 176 valence electrons. The van der Waals surface area contributed by atoms with Crippen LogP contribution in [-0.4, -0.2) is 85.5 Å². The van der Waals surface area contributed by atoms with E-state index < -0.39 is 18.0 Å². The Balaban J connectivity index is 1.41. The minimum absolute atomic E-state index is 0.161. The summed E-state index contributed by atoms with van der Waals surface area (Å²) in [5.74, 6) is 0.172. The van der Waals surface area contributed by atoms with Gasteiger partial charge in [0.05, 0.1) is 25.4 Å². The molecular formula is C23H28FN5O4. The van der Waals surface area contributed by atoms with Crippen LogP contribution >= 0.6 is 0 Å². The van der Waals surface area contributed by atoms with E-state index in [1.807, 2.05) is 12.1 Å². The number of aromatic nitrogens is 1. The lowest BCUT2D eigenvalue weighted by Gasteiger charge is -2.35. The van der Waals surface area contributed by atoms with Crippen LogP contribution in [0.3, 0.4) is 0 Å². The first kappa shape index (κ1) is 22.9. The summed E-state index contributed by atoms with van der Waals surface area (Å²) in [6, 6.07) is 8.34. The summed E-state index contributed by atoms with van der Waals surface area (Å²) in [5, 5.41) is 11.7. The molecular weight excluding hydrogens is 429 g/mol. The molecule has 1 atom stereocenters. The number of hydrogen-bond acceptors (Lipinski definition) is 7. The molecule has 1 aromatic carbocycles. The van der Waals surface area contributed by atoms with Crippen molar-refractivity contribution in [2.45, 2.75) is 13.0 Å². The molecule has 2 aliphatic heterocycles. The second kappa shape index (κ2) is 10.1. The van der Waals surface area contributed by atoms with Crippen LogP contribution < -0.4 is 15.1 Å². The van der Waals surface area contributed by atoms with Gasteiger partial charge in [-0.15, -0.1) is 0 Å². The standard InChI is InChI=1S/C23H28FN5O4/c1-16(31)25-14-19-15-29(23(32)33-19)18-3-4-20(21(24)12-18)17-2-5-22(26-13-17)28-8-6-27(7-9-28)10-11-30/h2-5,12-13,19,30H,6-11,14-15H2,1H3,(H,25,31)/t19-/m0/s1. The summed E-state index contributed by atoms with van der Waals surface area (Å²) in [6.07, 6.45) is 0.607. The largest absolute Gasteiger partial charge is 0.442 e. The van der Waals surface area contributed by atoms with Crippen molar-refractivity contribution >= 4 is 23.5 Å². The predicted octanol–water partition coefficient (Wildman–Crippen LogP) is 1.46. The number of amides is 2. The molecule has 33 heavy (non-hydrogen) atoms. The minimum atomic E-state index is -0.567. The molecule has 0 spiro atoms. The summed E-state index contributed by atoms with van der Waals surface area (Å²) < 4.78 is 20.2. The van der Waals surface area contributed by atoms with Crippen molar-refractivity contribution in [3.05, 3.63) is 42.3 Å². The normalized spacial score (nSPS) is 19.0. The van der Waals surface area contributed by atoms with E-state index in [2.05, 4.69) is 20.1 Å². The highest BCUT2D eigenvalue weighted by Crippen LogP contribution is 2.29.